The van der Waals surface area contributed by atoms with Crippen LogP contribution in [-0.4, -0.2) is 12.1 Å². The Morgan fingerprint density at radius 3 is 1.88 bits per heavy atom. The average Bonchev–Trinajstić information content (AvgIpc) is 1.67. The molecule has 0 aromatic carbocycles. The van der Waals surface area contributed by atoms with Crippen molar-refractivity contribution in [3.8, 4) is 0 Å². The average molecular weight is 114 g/mol. The summed E-state index contributed by atoms with van der Waals surface area (Å²) in [5, 5.41) is 4.38. The van der Waals surface area contributed by atoms with Crippen LogP contribution in [0, 0.1) is 0 Å². The van der Waals surface area contributed by atoms with Gasteiger partial charge >= 0.3 is 0 Å². The van der Waals surface area contributed by atoms with Crippen LogP contribution in [0.2, 0.25) is 0 Å². The zero-order valence-corrected chi connectivity index (χ0v) is 6.36. The summed E-state index contributed by atoms with van der Waals surface area (Å²) in [7, 11) is 0. The second-order valence-corrected chi connectivity index (χ2v) is 2.64. The Labute approximate surface area is 52.5 Å². The lowest BCUT2D eigenvalue weighted by Crippen LogP contribution is -2.31. The van der Waals surface area contributed by atoms with Crippen molar-refractivity contribution in [3.05, 3.63) is 0 Å². The molecular weight excluding hydrogens is 98.1 g/mol. The second-order valence-electron chi connectivity index (χ2n) is 2.64. The molecule has 1 heteroatoms. The van der Waals surface area contributed by atoms with Gasteiger partial charge in [-0.2, -0.15) is 0 Å². The fourth-order valence-corrected chi connectivity index (χ4v) is 0.540. The highest BCUT2D eigenvalue weighted by molar-refractivity contribution is 4.72. The molecule has 0 N–H and O–H groups in total. The molecule has 1 radical (unpaired) electrons. The first-order valence-corrected chi connectivity index (χ1v) is 3.31. The molecule has 0 fully saturated rings. The van der Waals surface area contributed by atoms with Crippen LogP contribution in [0.4, 0.5) is 0 Å². The maximum absolute atomic E-state index is 4.38. The van der Waals surface area contributed by atoms with Crippen LogP contribution in [0.1, 0.15) is 34.1 Å². The van der Waals surface area contributed by atoms with Crippen molar-refractivity contribution in [2.45, 2.75) is 39.7 Å². The van der Waals surface area contributed by atoms with Crippen molar-refractivity contribution >= 4 is 0 Å². The predicted octanol–water partition coefficient (Wildman–Crippen LogP) is 1.80. The van der Waals surface area contributed by atoms with Crippen LogP contribution in [0.5, 0.6) is 0 Å². The molecule has 0 bridgehead atoms. The summed E-state index contributed by atoms with van der Waals surface area (Å²) in [5.74, 6) is 0. The van der Waals surface area contributed by atoms with E-state index in [-0.39, 0.29) is 5.54 Å². The minimum Gasteiger partial charge on any atom is -0.236 e. The first kappa shape index (κ1) is 7.96. The molecule has 0 amide bonds. The van der Waals surface area contributed by atoms with E-state index in [0.29, 0.717) is 0 Å². The van der Waals surface area contributed by atoms with Gasteiger partial charge in [0, 0.05) is 12.1 Å². The number of hydrogen-bond donors (Lipinski definition) is 0. The van der Waals surface area contributed by atoms with Gasteiger partial charge in [0.15, 0.2) is 0 Å². The Morgan fingerprint density at radius 1 is 1.25 bits per heavy atom. The Bertz CT molecular complexity index is 57.4. The maximum Gasteiger partial charge on any atom is 0.0297 e. The summed E-state index contributed by atoms with van der Waals surface area (Å²) < 4.78 is 0. The van der Waals surface area contributed by atoms with Crippen molar-refractivity contribution in [1.29, 1.82) is 0 Å². The molecule has 0 rings (SSSR count). The number of nitrogens with zero attached hydrogens (tertiary/aromatic N) is 1. The highest BCUT2D eigenvalue weighted by atomic mass is 14.9. The Balaban J connectivity index is 3.37. The van der Waals surface area contributed by atoms with Crippen molar-refractivity contribution in [2.75, 3.05) is 6.54 Å². The highest BCUT2D eigenvalue weighted by Crippen LogP contribution is 2.07. The summed E-state index contributed by atoms with van der Waals surface area (Å²) in [6.45, 7) is 9.52. The molecule has 0 aliphatic carbocycles. The standard InChI is InChI=1S/C7H16N/c1-5-7(3,4)8-6-2/h5-6H2,1-4H3. The van der Waals surface area contributed by atoms with E-state index in [1.54, 1.807) is 0 Å². The van der Waals surface area contributed by atoms with Crippen LogP contribution in [0.15, 0.2) is 0 Å². The van der Waals surface area contributed by atoms with E-state index < -0.39 is 0 Å². The van der Waals surface area contributed by atoms with Gasteiger partial charge in [0.2, 0.25) is 0 Å². The van der Waals surface area contributed by atoms with E-state index in [9.17, 15) is 0 Å². The Morgan fingerprint density at radius 2 is 1.75 bits per heavy atom. The van der Waals surface area contributed by atoms with Gasteiger partial charge in [-0.25, -0.2) is 5.32 Å². The summed E-state index contributed by atoms with van der Waals surface area (Å²) in [6.07, 6.45) is 1.14. The monoisotopic (exact) mass is 114 g/mol. The van der Waals surface area contributed by atoms with Gasteiger partial charge in [0.05, 0.1) is 0 Å². The fourth-order valence-electron chi connectivity index (χ4n) is 0.540. The second kappa shape index (κ2) is 3.08. The molecule has 0 aromatic heterocycles. The van der Waals surface area contributed by atoms with E-state index in [2.05, 4.69) is 33.0 Å². The third kappa shape index (κ3) is 3.03. The van der Waals surface area contributed by atoms with Gasteiger partial charge in [-0.1, -0.05) is 13.8 Å². The lowest BCUT2D eigenvalue weighted by atomic mass is 10.0. The molecule has 0 atom stereocenters. The van der Waals surface area contributed by atoms with E-state index >= 15 is 0 Å². The Hall–Kier alpha value is -0.0400. The third-order valence-electron chi connectivity index (χ3n) is 1.45. The van der Waals surface area contributed by atoms with Crippen molar-refractivity contribution in [3.63, 3.8) is 0 Å². The molecule has 49 valence electrons. The first-order chi connectivity index (χ1) is 3.62. The normalized spacial score (nSPS) is 12.0. The van der Waals surface area contributed by atoms with E-state index in [4.69, 9.17) is 0 Å². The van der Waals surface area contributed by atoms with Crippen LogP contribution in [0.3, 0.4) is 0 Å². The van der Waals surface area contributed by atoms with Crippen molar-refractivity contribution in [1.82, 2.24) is 5.32 Å². The van der Waals surface area contributed by atoms with Gasteiger partial charge < -0.3 is 0 Å². The predicted molar refractivity (Wildman–Crippen MR) is 37.0 cm³/mol. The largest absolute Gasteiger partial charge is 0.236 e. The number of hydrogen-bond acceptors (Lipinski definition) is 0. The van der Waals surface area contributed by atoms with Gasteiger partial charge in [0.1, 0.15) is 0 Å². The van der Waals surface area contributed by atoms with Gasteiger partial charge in [-0.3, -0.25) is 0 Å². The minimum atomic E-state index is 0.217. The molecule has 0 heterocycles. The van der Waals surface area contributed by atoms with Gasteiger partial charge in [-0.05, 0) is 20.3 Å². The molecule has 8 heavy (non-hydrogen) atoms. The first-order valence-electron chi connectivity index (χ1n) is 3.31. The van der Waals surface area contributed by atoms with Crippen LogP contribution in [0.25, 0.3) is 0 Å². The Kier molecular flexibility index (Phi) is 3.06. The molecule has 0 aliphatic heterocycles. The lowest BCUT2D eigenvalue weighted by Gasteiger charge is -2.20. The fraction of sp³-hybridized carbons (Fsp3) is 1.00. The van der Waals surface area contributed by atoms with Crippen LogP contribution in [-0.2, 0) is 0 Å². The highest BCUT2D eigenvalue weighted by Gasteiger charge is 2.12. The van der Waals surface area contributed by atoms with Gasteiger partial charge in [-0.15, -0.1) is 0 Å². The maximum atomic E-state index is 4.38. The molecule has 0 saturated heterocycles. The molecule has 1 nitrogen and oxygen atoms in total. The number of rotatable bonds is 3. The third-order valence-corrected chi connectivity index (χ3v) is 1.45. The van der Waals surface area contributed by atoms with E-state index in [0.717, 1.165) is 13.0 Å². The molecule has 0 aliphatic rings. The van der Waals surface area contributed by atoms with Crippen LogP contribution < -0.4 is 5.32 Å². The zero-order valence-electron chi connectivity index (χ0n) is 6.36. The van der Waals surface area contributed by atoms with Crippen LogP contribution >= 0.6 is 0 Å². The summed E-state index contributed by atoms with van der Waals surface area (Å²) in [5.41, 5.74) is 0.217. The molecule has 0 aromatic rings. The van der Waals surface area contributed by atoms with E-state index in [1.807, 2.05) is 0 Å². The lowest BCUT2D eigenvalue weighted by molar-refractivity contribution is 0.378. The van der Waals surface area contributed by atoms with Crippen molar-refractivity contribution in [2.24, 2.45) is 0 Å². The quantitative estimate of drug-likeness (QED) is 0.531. The SMILES string of the molecule is CC[N]C(C)(C)CC. The summed E-state index contributed by atoms with van der Waals surface area (Å²) in [6, 6.07) is 0. The van der Waals surface area contributed by atoms with E-state index in [1.165, 1.54) is 0 Å². The summed E-state index contributed by atoms with van der Waals surface area (Å²) in [4.78, 5) is 0. The topological polar surface area (TPSA) is 14.1 Å². The zero-order chi connectivity index (χ0) is 6.62. The molecule has 0 unspecified atom stereocenters. The molecular formula is C7H16N. The van der Waals surface area contributed by atoms with Crippen molar-refractivity contribution < 1.29 is 0 Å². The van der Waals surface area contributed by atoms with Gasteiger partial charge in [0.25, 0.3) is 0 Å². The smallest absolute Gasteiger partial charge is 0.0297 e. The minimum absolute atomic E-state index is 0.217. The molecule has 0 spiro atoms. The summed E-state index contributed by atoms with van der Waals surface area (Å²) >= 11 is 0. The molecule has 0 saturated carbocycles.